The van der Waals surface area contributed by atoms with E-state index in [1.807, 2.05) is 18.2 Å². The van der Waals surface area contributed by atoms with Gasteiger partial charge in [-0.2, -0.15) is 0 Å². The van der Waals surface area contributed by atoms with Crippen LogP contribution in [-0.4, -0.2) is 47.3 Å². The number of carboxylic acids is 1. The highest BCUT2D eigenvalue weighted by atomic mass is 16.5. The smallest absolute Gasteiger partial charge is 0.320 e. The van der Waals surface area contributed by atoms with Gasteiger partial charge in [-0.05, 0) is 42.4 Å². The molecular formula is C20H27NO4. The zero-order valence-corrected chi connectivity index (χ0v) is 14.7. The van der Waals surface area contributed by atoms with E-state index in [1.165, 1.54) is 32.8 Å². The molecule has 0 amide bonds. The Balaban J connectivity index is 1.66. The van der Waals surface area contributed by atoms with Crippen molar-refractivity contribution >= 4 is 12.0 Å². The summed E-state index contributed by atoms with van der Waals surface area (Å²) in [4.78, 5) is 13.8. The van der Waals surface area contributed by atoms with Gasteiger partial charge in [0.2, 0.25) is 0 Å². The quantitative estimate of drug-likeness (QED) is 0.856. The van der Waals surface area contributed by atoms with Crippen LogP contribution in [0.1, 0.15) is 37.7 Å². The third-order valence-corrected chi connectivity index (χ3v) is 5.64. The van der Waals surface area contributed by atoms with Crippen LogP contribution >= 0.6 is 0 Å². The molecule has 2 N–H and O–H groups in total. The lowest BCUT2D eigenvalue weighted by Crippen LogP contribution is -2.51. The van der Waals surface area contributed by atoms with Crippen LogP contribution < -0.4 is 4.74 Å². The zero-order valence-electron chi connectivity index (χ0n) is 14.7. The second kappa shape index (κ2) is 7.91. The summed E-state index contributed by atoms with van der Waals surface area (Å²) in [6.07, 6.45) is 9.67. The fourth-order valence-electron chi connectivity index (χ4n) is 4.28. The maximum absolute atomic E-state index is 11.7. The van der Waals surface area contributed by atoms with Crippen molar-refractivity contribution in [2.24, 2.45) is 11.8 Å². The number of phenols is 1. The predicted molar refractivity (Wildman–Crippen MR) is 96.8 cm³/mol. The number of likely N-dealkylation sites (tertiary alicyclic amines) is 1. The number of phenolic OH excluding ortho intramolecular Hbond substituents is 1. The van der Waals surface area contributed by atoms with Crippen LogP contribution in [0.3, 0.4) is 0 Å². The number of rotatable bonds is 5. The van der Waals surface area contributed by atoms with Crippen molar-refractivity contribution in [1.29, 1.82) is 0 Å². The second-order valence-corrected chi connectivity index (χ2v) is 7.18. The molecule has 0 spiro atoms. The van der Waals surface area contributed by atoms with E-state index in [2.05, 4.69) is 4.90 Å². The molecule has 3 atom stereocenters. The Labute approximate surface area is 148 Å². The molecule has 25 heavy (non-hydrogen) atoms. The van der Waals surface area contributed by atoms with Gasteiger partial charge in [-0.25, -0.2) is 0 Å². The molecule has 1 heterocycles. The average molecular weight is 345 g/mol. The van der Waals surface area contributed by atoms with E-state index in [0.717, 1.165) is 18.5 Å². The minimum absolute atomic E-state index is 0.116. The number of carboxylic acid groups (broad SMARTS) is 1. The Morgan fingerprint density at radius 1 is 1.32 bits per heavy atom. The van der Waals surface area contributed by atoms with Gasteiger partial charge in [0.05, 0.1) is 7.11 Å². The Morgan fingerprint density at radius 3 is 2.80 bits per heavy atom. The zero-order chi connectivity index (χ0) is 17.8. The van der Waals surface area contributed by atoms with Gasteiger partial charge >= 0.3 is 5.97 Å². The van der Waals surface area contributed by atoms with E-state index in [4.69, 9.17) is 4.74 Å². The summed E-state index contributed by atoms with van der Waals surface area (Å²) in [5, 5.41) is 19.3. The molecule has 1 aliphatic carbocycles. The Kier molecular flexibility index (Phi) is 5.63. The Bertz CT molecular complexity index is 643. The average Bonchev–Trinajstić information content (AvgIpc) is 2.62. The van der Waals surface area contributed by atoms with Gasteiger partial charge in [-0.1, -0.05) is 37.5 Å². The topological polar surface area (TPSA) is 70.0 Å². The first kappa shape index (κ1) is 17.8. The van der Waals surface area contributed by atoms with Crippen LogP contribution in [0.15, 0.2) is 24.3 Å². The lowest BCUT2D eigenvalue weighted by atomic mass is 9.73. The molecule has 1 aromatic carbocycles. The van der Waals surface area contributed by atoms with Crippen molar-refractivity contribution in [3.05, 3.63) is 29.8 Å². The summed E-state index contributed by atoms with van der Waals surface area (Å²) in [5.74, 6) is 1.07. The highest BCUT2D eigenvalue weighted by Gasteiger charge is 2.39. The molecule has 2 aliphatic rings. The number of ether oxygens (including phenoxy) is 1. The van der Waals surface area contributed by atoms with Crippen molar-refractivity contribution < 1.29 is 19.7 Å². The summed E-state index contributed by atoms with van der Waals surface area (Å²) >= 11 is 0. The number of nitrogens with zero attached hydrogens (tertiary/aromatic N) is 1. The number of aliphatic carboxylic acids is 1. The predicted octanol–water partition coefficient (Wildman–Crippen LogP) is 3.38. The molecular weight excluding hydrogens is 318 g/mol. The molecule has 1 aromatic rings. The summed E-state index contributed by atoms with van der Waals surface area (Å²) in [7, 11) is 1.52. The molecule has 0 radical (unpaired) electrons. The van der Waals surface area contributed by atoms with Crippen LogP contribution in [0.2, 0.25) is 0 Å². The molecule has 5 nitrogen and oxygen atoms in total. The summed E-state index contributed by atoms with van der Waals surface area (Å²) in [6.45, 7) is 1.51. The first-order chi connectivity index (χ1) is 12.1. The summed E-state index contributed by atoms with van der Waals surface area (Å²) in [6, 6.07) is 4.81. The summed E-state index contributed by atoms with van der Waals surface area (Å²) in [5.41, 5.74) is 0.925. The molecule has 0 aromatic heterocycles. The highest BCUT2D eigenvalue weighted by molar-refractivity contribution is 5.73. The largest absolute Gasteiger partial charge is 0.504 e. The lowest BCUT2D eigenvalue weighted by Gasteiger charge is -2.44. The van der Waals surface area contributed by atoms with Crippen molar-refractivity contribution in [2.45, 2.75) is 38.1 Å². The number of aromatic hydroxyl groups is 1. The third-order valence-electron chi connectivity index (χ3n) is 5.64. The SMILES string of the molecule is COc1cc(/C=C/CN2CC3CCCCC3CC2C(=O)O)ccc1O. The van der Waals surface area contributed by atoms with Crippen LogP contribution in [0.4, 0.5) is 0 Å². The van der Waals surface area contributed by atoms with Gasteiger partial charge < -0.3 is 14.9 Å². The molecule has 1 saturated carbocycles. The Hall–Kier alpha value is -2.01. The van der Waals surface area contributed by atoms with Gasteiger partial charge in [-0.15, -0.1) is 0 Å². The minimum Gasteiger partial charge on any atom is -0.504 e. The number of hydrogen-bond acceptors (Lipinski definition) is 4. The fourth-order valence-corrected chi connectivity index (χ4v) is 4.28. The maximum atomic E-state index is 11.7. The number of hydrogen-bond donors (Lipinski definition) is 2. The van der Waals surface area contributed by atoms with Gasteiger partial charge in [-0.3, -0.25) is 9.69 Å². The molecule has 1 saturated heterocycles. The van der Waals surface area contributed by atoms with Gasteiger partial charge in [0.15, 0.2) is 11.5 Å². The Morgan fingerprint density at radius 2 is 2.08 bits per heavy atom. The fraction of sp³-hybridized carbons (Fsp3) is 0.550. The first-order valence-electron chi connectivity index (χ1n) is 9.09. The molecule has 5 heteroatoms. The minimum atomic E-state index is -0.705. The van der Waals surface area contributed by atoms with Crippen molar-refractivity contribution in [2.75, 3.05) is 20.2 Å². The van der Waals surface area contributed by atoms with E-state index in [0.29, 0.717) is 24.1 Å². The summed E-state index contributed by atoms with van der Waals surface area (Å²) < 4.78 is 5.12. The number of piperidine rings is 1. The van der Waals surface area contributed by atoms with Gasteiger partial charge in [0.25, 0.3) is 0 Å². The van der Waals surface area contributed by atoms with Crippen LogP contribution in [0, 0.1) is 11.8 Å². The van der Waals surface area contributed by atoms with Crippen LogP contribution in [0.25, 0.3) is 6.08 Å². The van der Waals surface area contributed by atoms with Crippen molar-refractivity contribution in [3.63, 3.8) is 0 Å². The number of fused-ring (bicyclic) bond motifs is 1. The van der Waals surface area contributed by atoms with E-state index in [-0.39, 0.29) is 11.8 Å². The van der Waals surface area contributed by atoms with E-state index in [1.54, 1.807) is 12.1 Å². The van der Waals surface area contributed by atoms with Crippen molar-refractivity contribution in [3.8, 4) is 11.5 Å². The number of carbonyl (C=O) groups is 1. The molecule has 3 unspecified atom stereocenters. The molecule has 0 bridgehead atoms. The van der Waals surface area contributed by atoms with Crippen LogP contribution in [0.5, 0.6) is 11.5 Å². The molecule has 136 valence electrons. The van der Waals surface area contributed by atoms with E-state index >= 15 is 0 Å². The molecule has 1 aliphatic heterocycles. The molecule has 2 fully saturated rings. The standard InChI is InChI=1S/C20H27NO4/c1-25-19-11-14(8-9-18(19)22)5-4-10-21-13-16-7-3-2-6-15(16)12-17(21)20(23)24/h4-5,8-9,11,15-17,22H,2-3,6-7,10,12-13H2,1H3,(H,23,24)/b5-4+. The second-order valence-electron chi connectivity index (χ2n) is 7.18. The maximum Gasteiger partial charge on any atom is 0.320 e. The van der Waals surface area contributed by atoms with E-state index in [9.17, 15) is 15.0 Å². The number of benzene rings is 1. The first-order valence-corrected chi connectivity index (χ1v) is 9.09. The highest BCUT2D eigenvalue weighted by Crippen LogP contribution is 2.38. The number of methoxy groups -OCH3 is 1. The lowest BCUT2D eigenvalue weighted by molar-refractivity contribution is -0.146. The third kappa shape index (κ3) is 4.15. The molecule has 3 rings (SSSR count). The van der Waals surface area contributed by atoms with Crippen LogP contribution in [-0.2, 0) is 4.79 Å². The van der Waals surface area contributed by atoms with Gasteiger partial charge in [0, 0.05) is 13.1 Å². The van der Waals surface area contributed by atoms with Crippen molar-refractivity contribution in [1.82, 2.24) is 4.90 Å². The monoisotopic (exact) mass is 345 g/mol. The van der Waals surface area contributed by atoms with Gasteiger partial charge in [0.1, 0.15) is 6.04 Å². The van der Waals surface area contributed by atoms with E-state index < -0.39 is 5.97 Å². The normalized spacial score (nSPS) is 27.2.